The van der Waals surface area contributed by atoms with Crippen molar-refractivity contribution >= 4 is 23.2 Å². The molecule has 3 saturated heterocycles. The van der Waals surface area contributed by atoms with Gasteiger partial charge < -0.3 is 14.5 Å². The van der Waals surface area contributed by atoms with Crippen molar-refractivity contribution in [3.63, 3.8) is 0 Å². The van der Waals surface area contributed by atoms with Gasteiger partial charge in [0, 0.05) is 55.9 Å². The van der Waals surface area contributed by atoms with E-state index < -0.39 is 0 Å². The van der Waals surface area contributed by atoms with E-state index in [0.717, 1.165) is 42.6 Å². The summed E-state index contributed by atoms with van der Waals surface area (Å²) in [6.45, 7) is 6.21. The Morgan fingerprint density at radius 3 is 2.94 bits per heavy atom. The van der Waals surface area contributed by atoms with E-state index in [9.17, 15) is 4.79 Å². The van der Waals surface area contributed by atoms with Crippen molar-refractivity contribution in [1.29, 1.82) is 0 Å². The van der Waals surface area contributed by atoms with Gasteiger partial charge in [0.2, 0.25) is 0 Å². The number of ether oxygens (including phenoxy) is 1. The highest BCUT2D eigenvalue weighted by Gasteiger charge is 2.54. The van der Waals surface area contributed by atoms with Gasteiger partial charge in [0.25, 0.3) is 0 Å². The third kappa shape index (κ3) is 3.20. The van der Waals surface area contributed by atoms with Crippen LogP contribution in [0.4, 0.5) is 10.6 Å². The van der Waals surface area contributed by atoms with Crippen molar-refractivity contribution < 1.29 is 9.53 Å². The number of anilines is 1. The Morgan fingerprint density at radius 1 is 1.29 bits per heavy atom. The van der Waals surface area contributed by atoms with Crippen molar-refractivity contribution in [2.45, 2.75) is 50.7 Å². The van der Waals surface area contributed by atoms with Crippen LogP contribution in [0, 0.1) is 5.41 Å². The fraction of sp³-hybridized carbons (Fsp3) is 0.636. The molecule has 2 aromatic heterocycles. The zero-order valence-electron chi connectivity index (χ0n) is 17.8. The summed E-state index contributed by atoms with van der Waals surface area (Å²) in [6, 6.07) is 5.85. The summed E-state index contributed by atoms with van der Waals surface area (Å²) in [7, 11) is 0. The lowest BCUT2D eigenvalue weighted by atomic mass is 9.78. The number of amides is 1. The first-order valence-electron chi connectivity index (χ1n) is 11.3. The smallest absolute Gasteiger partial charge is 0.409 e. The number of carbonyl (C=O) groups is 1. The molecule has 1 saturated carbocycles. The minimum absolute atomic E-state index is 0.144. The van der Waals surface area contributed by atoms with Gasteiger partial charge in [-0.3, -0.25) is 4.90 Å². The van der Waals surface area contributed by atoms with E-state index in [1.54, 1.807) is 16.8 Å². The summed E-state index contributed by atoms with van der Waals surface area (Å²) in [6.07, 6.45) is 6.65. The molecule has 0 N–H and O–H groups in total. The predicted molar refractivity (Wildman–Crippen MR) is 118 cm³/mol. The molecule has 4 aliphatic rings. The first kappa shape index (κ1) is 19.4. The van der Waals surface area contributed by atoms with Gasteiger partial charge in [-0.05, 0) is 44.7 Å². The number of piperazine rings is 1. The quantitative estimate of drug-likeness (QED) is 0.724. The van der Waals surface area contributed by atoms with Crippen molar-refractivity contribution in [1.82, 2.24) is 25.0 Å². The monoisotopic (exact) mass is 440 g/mol. The van der Waals surface area contributed by atoms with Crippen LogP contribution < -0.4 is 4.90 Å². The fourth-order valence-electron chi connectivity index (χ4n) is 6.34. The number of pyridine rings is 1. The minimum atomic E-state index is -0.144. The SMILES string of the molecule is CCOC(=O)N1CC2(CCC(N3CC4CC3CN4c3ncccc3-c3nncs3)C2)C1. The third-order valence-electron chi connectivity index (χ3n) is 7.66. The minimum Gasteiger partial charge on any atom is -0.450 e. The van der Waals surface area contributed by atoms with Crippen LogP contribution in [-0.4, -0.2) is 82.0 Å². The standard InChI is InChI=1S/C22H28N6O2S/c1-2-30-21(29)26-12-22(13-26)6-5-15(9-22)27-10-17-8-16(27)11-28(17)19-18(4-3-7-23-19)20-25-24-14-31-20/h3-4,7,14-17H,2,5-6,8-13H2,1H3. The fourth-order valence-corrected chi connectivity index (χ4v) is 6.92. The van der Waals surface area contributed by atoms with Gasteiger partial charge in [0.1, 0.15) is 11.3 Å². The summed E-state index contributed by atoms with van der Waals surface area (Å²) >= 11 is 1.57. The molecule has 3 unspecified atom stereocenters. The number of aromatic nitrogens is 3. The zero-order chi connectivity index (χ0) is 21.0. The van der Waals surface area contributed by atoms with Crippen molar-refractivity contribution in [3.05, 3.63) is 23.8 Å². The Hall–Kier alpha value is -2.26. The molecule has 2 aromatic rings. The van der Waals surface area contributed by atoms with E-state index in [2.05, 4.69) is 26.1 Å². The summed E-state index contributed by atoms with van der Waals surface area (Å²) in [5.74, 6) is 1.05. The molecule has 1 amide bonds. The van der Waals surface area contributed by atoms with Gasteiger partial charge in [-0.15, -0.1) is 10.2 Å². The maximum atomic E-state index is 12.0. The van der Waals surface area contributed by atoms with Gasteiger partial charge in [-0.25, -0.2) is 9.78 Å². The van der Waals surface area contributed by atoms with Crippen molar-refractivity contribution in [2.24, 2.45) is 5.41 Å². The highest BCUT2D eigenvalue weighted by atomic mass is 32.1. The van der Waals surface area contributed by atoms with Crippen LogP contribution in [0.25, 0.3) is 10.6 Å². The summed E-state index contributed by atoms with van der Waals surface area (Å²) in [5, 5.41) is 9.23. The normalized spacial score (nSPS) is 29.0. The van der Waals surface area contributed by atoms with Gasteiger partial charge in [0.15, 0.2) is 5.01 Å². The first-order chi connectivity index (χ1) is 15.2. The maximum Gasteiger partial charge on any atom is 0.409 e. The molecule has 5 heterocycles. The molecule has 0 aromatic carbocycles. The molecule has 1 aliphatic carbocycles. The van der Waals surface area contributed by atoms with Crippen LogP contribution in [0.1, 0.15) is 32.6 Å². The summed E-state index contributed by atoms with van der Waals surface area (Å²) < 4.78 is 5.16. The van der Waals surface area contributed by atoms with Gasteiger partial charge in [-0.1, -0.05) is 11.3 Å². The largest absolute Gasteiger partial charge is 0.450 e. The van der Waals surface area contributed by atoms with Crippen LogP contribution in [-0.2, 0) is 4.74 Å². The molecule has 0 radical (unpaired) electrons. The highest BCUT2D eigenvalue weighted by Crippen LogP contribution is 2.49. The molecular weight excluding hydrogens is 412 g/mol. The second-order valence-corrected chi connectivity index (χ2v) is 10.3. The van der Waals surface area contributed by atoms with Crippen LogP contribution >= 0.6 is 11.3 Å². The molecular formula is C22H28N6O2S. The highest BCUT2D eigenvalue weighted by molar-refractivity contribution is 7.12. The first-order valence-corrected chi connectivity index (χ1v) is 12.2. The molecule has 9 heteroatoms. The van der Waals surface area contributed by atoms with Gasteiger partial charge >= 0.3 is 6.09 Å². The van der Waals surface area contributed by atoms with Crippen molar-refractivity contribution in [2.75, 3.05) is 37.7 Å². The summed E-state index contributed by atoms with van der Waals surface area (Å²) in [4.78, 5) is 23.8. The Kier molecular flexibility index (Phi) is 4.64. The molecule has 3 aliphatic heterocycles. The second kappa shape index (κ2) is 7.41. The summed E-state index contributed by atoms with van der Waals surface area (Å²) in [5.41, 5.74) is 3.20. The number of rotatable bonds is 4. The number of fused-ring (bicyclic) bond motifs is 2. The zero-order valence-corrected chi connectivity index (χ0v) is 18.6. The Morgan fingerprint density at radius 2 is 2.19 bits per heavy atom. The molecule has 3 atom stereocenters. The van der Waals surface area contributed by atoms with Crippen LogP contribution in [0.5, 0.6) is 0 Å². The molecule has 31 heavy (non-hydrogen) atoms. The Labute approximate surface area is 186 Å². The average Bonchev–Trinajstić information content (AvgIpc) is 3.55. The van der Waals surface area contributed by atoms with Crippen LogP contribution in [0.15, 0.2) is 23.8 Å². The molecule has 6 rings (SSSR count). The molecule has 1 spiro atoms. The number of likely N-dealkylation sites (tertiary alicyclic amines) is 2. The van der Waals surface area contributed by atoms with Gasteiger partial charge in [-0.2, -0.15) is 0 Å². The Balaban J connectivity index is 1.11. The topological polar surface area (TPSA) is 74.7 Å². The van der Waals surface area contributed by atoms with E-state index in [-0.39, 0.29) is 6.09 Å². The average molecular weight is 441 g/mol. The second-order valence-electron chi connectivity index (χ2n) is 9.46. The number of hydrogen-bond donors (Lipinski definition) is 0. The van der Waals surface area contributed by atoms with E-state index in [4.69, 9.17) is 9.72 Å². The maximum absolute atomic E-state index is 12.0. The number of nitrogens with zero attached hydrogens (tertiary/aromatic N) is 6. The molecule has 164 valence electrons. The van der Waals surface area contributed by atoms with Gasteiger partial charge in [0.05, 0.1) is 12.2 Å². The van der Waals surface area contributed by atoms with E-state index in [1.807, 2.05) is 24.1 Å². The van der Waals surface area contributed by atoms with Crippen LogP contribution in [0.2, 0.25) is 0 Å². The lowest BCUT2D eigenvalue weighted by Gasteiger charge is -2.48. The number of hydrogen-bond acceptors (Lipinski definition) is 8. The van der Waals surface area contributed by atoms with Crippen molar-refractivity contribution in [3.8, 4) is 10.6 Å². The van der Waals surface area contributed by atoms with E-state index in [0.29, 0.717) is 30.1 Å². The molecule has 4 fully saturated rings. The lowest BCUT2D eigenvalue weighted by Crippen LogP contribution is -2.58. The number of carbonyl (C=O) groups excluding carboxylic acids is 1. The lowest BCUT2D eigenvalue weighted by molar-refractivity contribution is -0.00345. The molecule has 8 nitrogen and oxygen atoms in total. The predicted octanol–water partition coefficient (Wildman–Crippen LogP) is 2.87. The molecule has 2 bridgehead atoms. The third-order valence-corrected chi connectivity index (χ3v) is 8.38. The van der Waals surface area contributed by atoms with Crippen LogP contribution in [0.3, 0.4) is 0 Å². The Bertz CT molecular complexity index is 963. The van der Waals surface area contributed by atoms with E-state index in [1.165, 1.54) is 25.7 Å². The van der Waals surface area contributed by atoms with E-state index >= 15 is 0 Å².